The van der Waals surface area contributed by atoms with Gasteiger partial charge in [0.15, 0.2) is 0 Å². The molecule has 2 N–H and O–H groups in total. The minimum atomic E-state index is -3.30. The van der Waals surface area contributed by atoms with Gasteiger partial charge in [-0.3, -0.25) is 0 Å². The fourth-order valence-electron chi connectivity index (χ4n) is 3.15. The molecule has 6 heteroatoms. The predicted octanol–water partition coefficient (Wildman–Crippen LogP) is 1.02. The van der Waals surface area contributed by atoms with Crippen LogP contribution in [0.25, 0.3) is 0 Å². The first kappa shape index (κ1) is 15.2. The Labute approximate surface area is 117 Å². The molecule has 5 nitrogen and oxygen atoms in total. The molecular weight excluding hydrogens is 262 g/mol. The molecule has 0 saturated carbocycles. The summed E-state index contributed by atoms with van der Waals surface area (Å²) in [6.07, 6.45) is 4.07. The molecule has 0 spiro atoms. The topological polar surface area (TPSA) is 66.6 Å². The standard InChI is InChI=1S/C13H27N3O2S/c1-11-5-6-12(2)16(9-11)19(17,18)15-7-3-4-13(8-14)10-15/h11-13H,3-10,14H2,1-2H3. The quantitative estimate of drug-likeness (QED) is 0.843. The third-order valence-electron chi connectivity index (χ3n) is 4.50. The van der Waals surface area contributed by atoms with Gasteiger partial charge in [0.25, 0.3) is 10.2 Å². The van der Waals surface area contributed by atoms with E-state index in [1.165, 1.54) is 0 Å². The zero-order valence-corrected chi connectivity index (χ0v) is 12.9. The Hall–Kier alpha value is -0.170. The van der Waals surface area contributed by atoms with Crippen molar-refractivity contribution in [2.75, 3.05) is 26.2 Å². The summed E-state index contributed by atoms with van der Waals surface area (Å²) in [7, 11) is -3.30. The fourth-order valence-corrected chi connectivity index (χ4v) is 5.21. The third-order valence-corrected chi connectivity index (χ3v) is 6.58. The van der Waals surface area contributed by atoms with Crippen LogP contribution >= 0.6 is 0 Å². The molecule has 0 amide bonds. The summed E-state index contributed by atoms with van der Waals surface area (Å²) in [6, 6.07) is 0.124. The average Bonchev–Trinajstić information content (AvgIpc) is 2.41. The molecule has 0 aromatic heterocycles. The van der Waals surface area contributed by atoms with Crippen molar-refractivity contribution in [1.29, 1.82) is 0 Å². The lowest BCUT2D eigenvalue weighted by atomic mass is 9.97. The van der Waals surface area contributed by atoms with E-state index in [2.05, 4.69) is 6.92 Å². The molecule has 2 rings (SSSR count). The Morgan fingerprint density at radius 3 is 2.58 bits per heavy atom. The summed E-state index contributed by atoms with van der Waals surface area (Å²) in [4.78, 5) is 0. The zero-order chi connectivity index (χ0) is 14.0. The maximum Gasteiger partial charge on any atom is 0.282 e. The molecule has 19 heavy (non-hydrogen) atoms. The number of piperidine rings is 2. The number of rotatable bonds is 3. The summed E-state index contributed by atoms with van der Waals surface area (Å²) in [6.45, 7) is 6.64. The van der Waals surface area contributed by atoms with Crippen molar-refractivity contribution in [3.05, 3.63) is 0 Å². The molecule has 0 aromatic rings. The molecule has 0 bridgehead atoms. The maximum absolute atomic E-state index is 12.8. The lowest BCUT2D eigenvalue weighted by Crippen LogP contribution is -2.54. The Bertz CT molecular complexity index is 399. The van der Waals surface area contributed by atoms with Gasteiger partial charge in [-0.05, 0) is 51.0 Å². The highest BCUT2D eigenvalue weighted by atomic mass is 32.2. The summed E-state index contributed by atoms with van der Waals surface area (Å²) in [5, 5.41) is 0. The van der Waals surface area contributed by atoms with Gasteiger partial charge in [-0.25, -0.2) is 0 Å². The van der Waals surface area contributed by atoms with E-state index in [1.54, 1.807) is 8.61 Å². The van der Waals surface area contributed by atoms with Crippen molar-refractivity contribution in [1.82, 2.24) is 8.61 Å². The molecule has 2 aliphatic heterocycles. The Morgan fingerprint density at radius 1 is 1.16 bits per heavy atom. The molecule has 112 valence electrons. The van der Waals surface area contributed by atoms with Crippen LogP contribution in [0.3, 0.4) is 0 Å². The lowest BCUT2D eigenvalue weighted by molar-refractivity contribution is 0.188. The summed E-state index contributed by atoms with van der Waals surface area (Å²) < 4.78 is 28.9. The van der Waals surface area contributed by atoms with E-state index < -0.39 is 10.2 Å². The van der Waals surface area contributed by atoms with Gasteiger partial charge >= 0.3 is 0 Å². The van der Waals surface area contributed by atoms with Crippen LogP contribution in [0.4, 0.5) is 0 Å². The molecule has 3 atom stereocenters. The molecule has 0 aliphatic carbocycles. The van der Waals surface area contributed by atoms with Crippen molar-refractivity contribution in [3.63, 3.8) is 0 Å². The number of nitrogens with zero attached hydrogens (tertiary/aromatic N) is 2. The number of nitrogens with two attached hydrogens (primary N) is 1. The van der Waals surface area contributed by atoms with Crippen LogP contribution in [-0.2, 0) is 10.2 Å². The lowest BCUT2D eigenvalue weighted by Gasteiger charge is -2.41. The van der Waals surface area contributed by atoms with Gasteiger partial charge in [0.05, 0.1) is 0 Å². The highest BCUT2D eigenvalue weighted by Crippen LogP contribution is 2.28. The van der Waals surface area contributed by atoms with Gasteiger partial charge in [-0.2, -0.15) is 17.0 Å². The molecule has 2 heterocycles. The van der Waals surface area contributed by atoms with Gasteiger partial charge < -0.3 is 5.73 Å². The first-order chi connectivity index (χ1) is 8.95. The van der Waals surface area contributed by atoms with E-state index in [4.69, 9.17) is 5.73 Å². The number of hydrogen-bond acceptors (Lipinski definition) is 3. The van der Waals surface area contributed by atoms with Crippen LogP contribution in [0.1, 0.15) is 39.5 Å². The van der Waals surface area contributed by atoms with Crippen molar-refractivity contribution in [2.45, 2.75) is 45.6 Å². The van der Waals surface area contributed by atoms with Crippen LogP contribution in [-0.4, -0.2) is 49.2 Å². The minimum absolute atomic E-state index is 0.124. The van der Waals surface area contributed by atoms with Crippen LogP contribution < -0.4 is 5.73 Å². The largest absolute Gasteiger partial charge is 0.330 e. The summed E-state index contributed by atoms with van der Waals surface area (Å²) in [5.74, 6) is 0.780. The van der Waals surface area contributed by atoms with E-state index in [-0.39, 0.29) is 6.04 Å². The first-order valence-corrected chi connectivity index (χ1v) is 8.81. The highest BCUT2D eigenvalue weighted by molar-refractivity contribution is 7.86. The molecular formula is C13H27N3O2S. The minimum Gasteiger partial charge on any atom is -0.330 e. The van der Waals surface area contributed by atoms with Crippen LogP contribution in [0.5, 0.6) is 0 Å². The Kier molecular flexibility index (Phi) is 4.87. The van der Waals surface area contributed by atoms with Gasteiger partial charge in [-0.15, -0.1) is 0 Å². The molecule has 2 aliphatic rings. The fraction of sp³-hybridized carbons (Fsp3) is 1.00. The second kappa shape index (κ2) is 6.08. The number of hydrogen-bond donors (Lipinski definition) is 1. The van der Waals surface area contributed by atoms with E-state index in [0.29, 0.717) is 38.0 Å². The normalized spacial score (nSPS) is 35.4. The molecule has 0 radical (unpaired) electrons. The van der Waals surface area contributed by atoms with E-state index in [9.17, 15) is 8.42 Å². The third kappa shape index (κ3) is 3.29. The van der Waals surface area contributed by atoms with E-state index >= 15 is 0 Å². The SMILES string of the molecule is CC1CCC(C)N(S(=O)(=O)N2CCCC(CN)C2)C1. The molecule has 2 fully saturated rings. The summed E-state index contributed by atoms with van der Waals surface area (Å²) >= 11 is 0. The van der Waals surface area contributed by atoms with Crippen molar-refractivity contribution >= 4 is 10.2 Å². The predicted molar refractivity (Wildman–Crippen MR) is 76.8 cm³/mol. The van der Waals surface area contributed by atoms with Gasteiger partial charge in [0.2, 0.25) is 0 Å². The molecule has 3 unspecified atom stereocenters. The Balaban J connectivity index is 2.12. The molecule has 2 saturated heterocycles. The smallest absolute Gasteiger partial charge is 0.282 e. The average molecular weight is 289 g/mol. The zero-order valence-electron chi connectivity index (χ0n) is 12.1. The van der Waals surface area contributed by atoms with E-state index in [0.717, 1.165) is 25.7 Å². The molecule has 0 aromatic carbocycles. The van der Waals surface area contributed by atoms with E-state index in [1.807, 2.05) is 6.92 Å². The van der Waals surface area contributed by atoms with Gasteiger partial charge in [-0.1, -0.05) is 6.92 Å². The van der Waals surface area contributed by atoms with Crippen molar-refractivity contribution in [2.24, 2.45) is 17.6 Å². The maximum atomic E-state index is 12.8. The van der Waals surface area contributed by atoms with Crippen LogP contribution in [0, 0.1) is 11.8 Å². The van der Waals surface area contributed by atoms with Gasteiger partial charge in [0, 0.05) is 25.7 Å². The van der Waals surface area contributed by atoms with Crippen molar-refractivity contribution < 1.29 is 8.42 Å². The second-order valence-electron chi connectivity index (χ2n) is 6.21. The second-order valence-corrected chi connectivity index (χ2v) is 8.09. The monoisotopic (exact) mass is 289 g/mol. The first-order valence-electron chi connectivity index (χ1n) is 7.42. The van der Waals surface area contributed by atoms with Crippen LogP contribution in [0.15, 0.2) is 0 Å². The van der Waals surface area contributed by atoms with Gasteiger partial charge in [0.1, 0.15) is 0 Å². The van der Waals surface area contributed by atoms with Crippen LogP contribution in [0.2, 0.25) is 0 Å². The Morgan fingerprint density at radius 2 is 1.89 bits per heavy atom. The van der Waals surface area contributed by atoms with Crippen molar-refractivity contribution in [3.8, 4) is 0 Å². The summed E-state index contributed by atoms with van der Waals surface area (Å²) in [5.41, 5.74) is 5.70. The highest BCUT2D eigenvalue weighted by Gasteiger charge is 2.38.